The summed E-state index contributed by atoms with van der Waals surface area (Å²) in [5, 5.41) is 7.55. The second-order valence-corrected chi connectivity index (χ2v) is 4.19. The molecule has 2 aromatic heterocycles. The molecule has 96 valence electrons. The van der Waals surface area contributed by atoms with Gasteiger partial charge in [0.25, 0.3) is 0 Å². The van der Waals surface area contributed by atoms with Crippen molar-refractivity contribution < 1.29 is 0 Å². The van der Waals surface area contributed by atoms with Gasteiger partial charge < -0.3 is 11.1 Å². The van der Waals surface area contributed by atoms with Crippen LogP contribution in [0.2, 0.25) is 0 Å². The maximum atomic E-state index is 5.86. The zero-order valence-corrected chi connectivity index (χ0v) is 10.9. The van der Waals surface area contributed by atoms with Gasteiger partial charge >= 0.3 is 0 Å². The van der Waals surface area contributed by atoms with Gasteiger partial charge in [-0.2, -0.15) is 5.10 Å². The van der Waals surface area contributed by atoms with E-state index in [1.807, 2.05) is 33.2 Å². The number of anilines is 2. The highest BCUT2D eigenvalue weighted by atomic mass is 15.3. The molecule has 6 nitrogen and oxygen atoms in total. The topological polar surface area (TPSA) is 81.6 Å². The van der Waals surface area contributed by atoms with Crippen molar-refractivity contribution in [3.05, 3.63) is 29.3 Å². The van der Waals surface area contributed by atoms with Crippen molar-refractivity contribution in [1.29, 1.82) is 0 Å². The van der Waals surface area contributed by atoms with Crippen molar-refractivity contribution in [3.8, 4) is 0 Å². The Morgan fingerprint density at radius 3 is 2.78 bits per heavy atom. The molecule has 0 radical (unpaired) electrons. The third-order valence-electron chi connectivity index (χ3n) is 2.75. The first-order valence-corrected chi connectivity index (χ1v) is 5.95. The van der Waals surface area contributed by atoms with E-state index in [2.05, 4.69) is 20.4 Å². The van der Waals surface area contributed by atoms with Crippen LogP contribution in [-0.2, 0) is 20.0 Å². The SMILES string of the molecule is CCc1nc(N)c(C)c(NCc2ccn(C)n2)n1. The summed E-state index contributed by atoms with van der Waals surface area (Å²) in [6.45, 7) is 4.55. The lowest BCUT2D eigenvalue weighted by Crippen LogP contribution is -2.09. The van der Waals surface area contributed by atoms with Crippen molar-refractivity contribution in [2.24, 2.45) is 7.05 Å². The first kappa shape index (κ1) is 12.3. The van der Waals surface area contributed by atoms with Gasteiger partial charge in [0, 0.05) is 25.2 Å². The predicted octanol–water partition coefficient (Wildman–Crippen LogP) is 1.28. The Hall–Kier alpha value is -2.11. The molecular formula is C12H18N6. The number of aromatic nitrogens is 4. The summed E-state index contributed by atoms with van der Waals surface area (Å²) in [5.41, 5.74) is 7.70. The fourth-order valence-electron chi connectivity index (χ4n) is 1.64. The van der Waals surface area contributed by atoms with E-state index >= 15 is 0 Å². The molecule has 0 unspecified atom stereocenters. The zero-order chi connectivity index (χ0) is 13.1. The number of rotatable bonds is 4. The van der Waals surface area contributed by atoms with E-state index in [0.29, 0.717) is 12.4 Å². The number of nitrogen functional groups attached to an aromatic ring is 1. The van der Waals surface area contributed by atoms with E-state index in [1.54, 1.807) is 4.68 Å². The van der Waals surface area contributed by atoms with E-state index < -0.39 is 0 Å². The van der Waals surface area contributed by atoms with Gasteiger partial charge in [0.2, 0.25) is 0 Å². The maximum absolute atomic E-state index is 5.86. The van der Waals surface area contributed by atoms with Gasteiger partial charge in [-0.05, 0) is 13.0 Å². The highest BCUT2D eigenvalue weighted by Crippen LogP contribution is 2.17. The van der Waals surface area contributed by atoms with Crippen molar-refractivity contribution in [2.45, 2.75) is 26.8 Å². The van der Waals surface area contributed by atoms with Crippen molar-refractivity contribution >= 4 is 11.6 Å². The number of nitrogens with two attached hydrogens (primary N) is 1. The van der Waals surface area contributed by atoms with Crippen LogP contribution < -0.4 is 11.1 Å². The molecule has 0 aliphatic heterocycles. The lowest BCUT2D eigenvalue weighted by atomic mass is 10.3. The number of hydrogen-bond donors (Lipinski definition) is 2. The number of aryl methyl sites for hydroxylation is 2. The fourth-order valence-corrected chi connectivity index (χ4v) is 1.64. The molecule has 2 aromatic rings. The summed E-state index contributed by atoms with van der Waals surface area (Å²) >= 11 is 0. The van der Waals surface area contributed by atoms with Crippen LogP contribution in [0.3, 0.4) is 0 Å². The summed E-state index contributed by atoms with van der Waals surface area (Å²) in [5.74, 6) is 2.07. The van der Waals surface area contributed by atoms with E-state index in [9.17, 15) is 0 Å². The average Bonchev–Trinajstić information content (AvgIpc) is 2.77. The van der Waals surface area contributed by atoms with Crippen LogP contribution in [0.15, 0.2) is 12.3 Å². The van der Waals surface area contributed by atoms with Crippen LogP contribution in [0.5, 0.6) is 0 Å². The lowest BCUT2D eigenvalue weighted by Gasteiger charge is -2.10. The van der Waals surface area contributed by atoms with E-state index in [1.165, 1.54) is 0 Å². The smallest absolute Gasteiger partial charge is 0.135 e. The van der Waals surface area contributed by atoms with Crippen molar-refractivity contribution in [1.82, 2.24) is 19.7 Å². The normalized spacial score (nSPS) is 10.6. The predicted molar refractivity (Wildman–Crippen MR) is 71.1 cm³/mol. The molecule has 0 bridgehead atoms. The first-order valence-electron chi connectivity index (χ1n) is 5.95. The molecule has 18 heavy (non-hydrogen) atoms. The number of hydrogen-bond acceptors (Lipinski definition) is 5. The van der Waals surface area contributed by atoms with Crippen LogP contribution in [-0.4, -0.2) is 19.7 Å². The van der Waals surface area contributed by atoms with Gasteiger partial charge in [0.15, 0.2) is 0 Å². The monoisotopic (exact) mass is 246 g/mol. The molecule has 0 spiro atoms. The van der Waals surface area contributed by atoms with Gasteiger partial charge in [-0.25, -0.2) is 9.97 Å². The number of nitrogens with zero attached hydrogens (tertiary/aromatic N) is 4. The highest BCUT2D eigenvalue weighted by Gasteiger charge is 2.08. The lowest BCUT2D eigenvalue weighted by molar-refractivity contribution is 0.746. The molecule has 3 N–H and O–H groups in total. The minimum atomic E-state index is 0.533. The largest absolute Gasteiger partial charge is 0.383 e. The Kier molecular flexibility index (Phi) is 3.45. The minimum Gasteiger partial charge on any atom is -0.383 e. The molecule has 2 heterocycles. The molecule has 0 saturated carbocycles. The summed E-state index contributed by atoms with van der Waals surface area (Å²) in [7, 11) is 1.90. The van der Waals surface area contributed by atoms with Crippen LogP contribution in [0.1, 0.15) is 24.0 Å². The van der Waals surface area contributed by atoms with E-state index in [0.717, 1.165) is 29.3 Å². The van der Waals surface area contributed by atoms with Crippen molar-refractivity contribution in [2.75, 3.05) is 11.1 Å². The molecule has 0 amide bonds. The fraction of sp³-hybridized carbons (Fsp3) is 0.417. The molecule has 0 aliphatic rings. The van der Waals surface area contributed by atoms with Crippen LogP contribution in [0.4, 0.5) is 11.6 Å². The Bertz CT molecular complexity index is 545. The molecule has 0 saturated heterocycles. The second kappa shape index (κ2) is 5.03. The van der Waals surface area contributed by atoms with Gasteiger partial charge in [-0.1, -0.05) is 6.92 Å². The first-order chi connectivity index (χ1) is 8.60. The quantitative estimate of drug-likeness (QED) is 0.849. The third-order valence-corrected chi connectivity index (χ3v) is 2.75. The Labute approximate surface area is 106 Å². The molecule has 0 fully saturated rings. The molecule has 0 atom stereocenters. The molecule has 0 aromatic carbocycles. The van der Waals surface area contributed by atoms with Crippen LogP contribution >= 0.6 is 0 Å². The second-order valence-electron chi connectivity index (χ2n) is 4.19. The Morgan fingerprint density at radius 2 is 2.17 bits per heavy atom. The Balaban J connectivity index is 2.15. The molecular weight excluding hydrogens is 228 g/mol. The number of nitrogens with one attached hydrogen (secondary N) is 1. The average molecular weight is 246 g/mol. The standard InChI is InChI=1S/C12H18N6/c1-4-10-15-11(13)8(2)12(16-10)14-7-9-5-6-18(3)17-9/h5-6H,4,7H2,1-3H3,(H3,13,14,15,16). The molecule has 6 heteroatoms. The highest BCUT2D eigenvalue weighted by molar-refractivity contribution is 5.54. The summed E-state index contributed by atoms with van der Waals surface area (Å²) in [4.78, 5) is 8.65. The minimum absolute atomic E-state index is 0.533. The van der Waals surface area contributed by atoms with E-state index in [-0.39, 0.29) is 0 Å². The third kappa shape index (κ3) is 2.58. The maximum Gasteiger partial charge on any atom is 0.135 e. The van der Waals surface area contributed by atoms with Gasteiger partial charge in [0.05, 0.1) is 12.2 Å². The summed E-state index contributed by atoms with van der Waals surface area (Å²) in [6, 6.07) is 1.97. The van der Waals surface area contributed by atoms with Gasteiger partial charge in [0.1, 0.15) is 17.5 Å². The molecule has 2 rings (SSSR count). The van der Waals surface area contributed by atoms with Crippen LogP contribution in [0, 0.1) is 6.92 Å². The van der Waals surface area contributed by atoms with E-state index in [4.69, 9.17) is 5.73 Å². The molecule has 0 aliphatic carbocycles. The Morgan fingerprint density at radius 1 is 1.39 bits per heavy atom. The van der Waals surface area contributed by atoms with Crippen molar-refractivity contribution in [3.63, 3.8) is 0 Å². The van der Waals surface area contributed by atoms with Crippen LogP contribution in [0.25, 0.3) is 0 Å². The summed E-state index contributed by atoms with van der Waals surface area (Å²) < 4.78 is 1.77. The zero-order valence-electron chi connectivity index (χ0n) is 10.9. The van der Waals surface area contributed by atoms with Gasteiger partial charge in [-0.3, -0.25) is 4.68 Å². The summed E-state index contributed by atoms with van der Waals surface area (Å²) in [6.07, 6.45) is 2.68. The van der Waals surface area contributed by atoms with Gasteiger partial charge in [-0.15, -0.1) is 0 Å².